The molecule has 0 amide bonds. The third-order valence-corrected chi connectivity index (χ3v) is 4.46. The number of halogens is 2. The molecule has 1 aromatic heterocycles. The molecule has 0 aliphatic carbocycles. The van der Waals surface area contributed by atoms with E-state index in [9.17, 15) is 8.42 Å². The van der Waals surface area contributed by atoms with Gasteiger partial charge in [-0.1, -0.05) is 5.21 Å². The summed E-state index contributed by atoms with van der Waals surface area (Å²) in [5, 5.41) is 7.25. The Balaban J connectivity index is 2.71. The first-order chi connectivity index (χ1) is 7.49. The van der Waals surface area contributed by atoms with Crippen LogP contribution in [0.25, 0.3) is 0 Å². The molecule has 6 nitrogen and oxygen atoms in total. The van der Waals surface area contributed by atoms with Gasteiger partial charge >= 0.3 is 0 Å². The molecule has 0 aliphatic heterocycles. The van der Waals surface area contributed by atoms with E-state index in [1.807, 2.05) is 0 Å². The van der Waals surface area contributed by atoms with Crippen molar-refractivity contribution in [1.82, 2.24) is 19.7 Å². The van der Waals surface area contributed by atoms with Gasteiger partial charge in [0.25, 0.3) is 10.0 Å². The van der Waals surface area contributed by atoms with E-state index in [1.165, 1.54) is 11.7 Å². The highest BCUT2D eigenvalue weighted by atomic mass is 79.9. The Bertz CT molecular complexity index is 428. The van der Waals surface area contributed by atoms with E-state index in [0.717, 1.165) is 6.42 Å². The minimum Gasteiger partial charge on any atom is -0.235 e. The van der Waals surface area contributed by atoms with E-state index in [-0.39, 0.29) is 9.63 Å². The average molecular weight is 332 g/mol. The number of hydrogen-bond acceptors (Lipinski definition) is 4. The van der Waals surface area contributed by atoms with Crippen molar-refractivity contribution < 1.29 is 8.42 Å². The van der Waals surface area contributed by atoms with E-state index in [4.69, 9.17) is 11.6 Å². The third kappa shape index (κ3) is 3.41. The lowest BCUT2D eigenvalue weighted by molar-refractivity contribution is 0.558. The van der Waals surface area contributed by atoms with Crippen molar-refractivity contribution in [3.8, 4) is 0 Å². The molecule has 0 aliphatic rings. The summed E-state index contributed by atoms with van der Waals surface area (Å²) in [6.07, 6.45) is 1.47. The second-order valence-corrected chi connectivity index (χ2v) is 5.91. The lowest BCUT2D eigenvalue weighted by Crippen LogP contribution is -2.27. The highest BCUT2D eigenvalue weighted by molar-refractivity contribution is 9.10. The Morgan fingerprint density at radius 2 is 2.19 bits per heavy atom. The Morgan fingerprint density at radius 3 is 2.69 bits per heavy atom. The largest absolute Gasteiger partial charge is 0.260 e. The molecule has 16 heavy (non-hydrogen) atoms. The molecule has 1 heterocycles. The first-order valence-corrected chi connectivity index (χ1v) is 7.41. The molecule has 0 unspecified atom stereocenters. The van der Waals surface area contributed by atoms with Gasteiger partial charge in [0.05, 0.1) is 0 Å². The molecule has 0 aromatic carbocycles. The SMILES string of the molecule is Cn1nnc(Br)c1S(=O)(=O)NCCCCCl. The third-order valence-electron chi connectivity index (χ3n) is 1.84. The monoisotopic (exact) mass is 330 g/mol. The van der Waals surface area contributed by atoms with Gasteiger partial charge in [0, 0.05) is 19.5 Å². The van der Waals surface area contributed by atoms with Crippen LogP contribution in [0.2, 0.25) is 0 Å². The van der Waals surface area contributed by atoms with Crippen LogP contribution in [0, 0.1) is 0 Å². The van der Waals surface area contributed by atoms with E-state index < -0.39 is 10.0 Å². The number of nitrogens with one attached hydrogen (secondary N) is 1. The van der Waals surface area contributed by atoms with Crippen molar-refractivity contribution in [3.63, 3.8) is 0 Å². The molecule has 0 atom stereocenters. The summed E-state index contributed by atoms with van der Waals surface area (Å²) in [6.45, 7) is 0.354. The standard InChI is InChI=1S/C7H12BrClN4O2S/c1-13-7(6(8)11-12-13)16(14,15)10-5-3-2-4-9/h10H,2-5H2,1H3. The van der Waals surface area contributed by atoms with Gasteiger partial charge in [0.1, 0.15) is 0 Å². The van der Waals surface area contributed by atoms with Gasteiger partial charge in [-0.25, -0.2) is 17.8 Å². The summed E-state index contributed by atoms with van der Waals surface area (Å²) in [7, 11) is -2.04. The number of sulfonamides is 1. The maximum absolute atomic E-state index is 11.8. The Hall–Kier alpha value is -0.180. The van der Waals surface area contributed by atoms with E-state index >= 15 is 0 Å². The average Bonchev–Trinajstić information content (AvgIpc) is 2.54. The molecular formula is C7H12BrClN4O2S. The fourth-order valence-corrected chi connectivity index (χ4v) is 3.45. The number of rotatable bonds is 6. The summed E-state index contributed by atoms with van der Waals surface area (Å²) < 4.78 is 27.5. The van der Waals surface area contributed by atoms with Crippen LogP contribution in [0.15, 0.2) is 9.63 Å². The Morgan fingerprint density at radius 1 is 1.50 bits per heavy atom. The molecule has 0 spiro atoms. The molecule has 1 aromatic rings. The van der Waals surface area contributed by atoms with E-state index in [2.05, 4.69) is 31.0 Å². The van der Waals surface area contributed by atoms with E-state index in [0.29, 0.717) is 18.8 Å². The topological polar surface area (TPSA) is 76.9 Å². The predicted octanol–water partition coefficient (Wildman–Crippen LogP) is 0.875. The van der Waals surface area contributed by atoms with Gasteiger partial charge < -0.3 is 0 Å². The molecule has 0 saturated carbocycles. The van der Waals surface area contributed by atoms with Crippen LogP contribution in [0.5, 0.6) is 0 Å². The number of unbranched alkanes of at least 4 members (excludes halogenated alkanes) is 1. The van der Waals surface area contributed by atoms with Crippen LogP contribution in [0.1, 0.15) is 12.8 Å². The van der Waals surface area contributed by atoms with Crippen molar-refractivity contribution in [3.05, 3.63) is 4.60 Å². The molecule has 1 N–H and O–H groups in total. The maximum Gasteiger partial charge on any atom is 0.260 e. The van der Waals surface area contributed by atoms with Crippen LogP contribution in [0.3, 0.4) is 0 Å². The lowest BCUT2D eigenvalue weighted by Gasteiger charge is -2.05. The lowest BCUT2D eigenvalue weighted by atomic mass is 10.3. The fourth-order valence-electron chi connectivity index (χ4n) is 1.10. The zero-order chi connectivity index (χ0) is 12.2. The summed E-state index contributed by atoms with van der Waals surface area (Å²) in [6, 6.07) is 0. The second kappa shape index (κ2) is 5.95. The first kappa shape index (κ1) is 13.9. The molecule has 0 radical (unpaired) electrons. The fraction of sp³-hybridized carbons (Fsp3) is 0.714. The number of hydrogen-bond donors (Lipinski definition) is 1. The second-order valence-electron chi connectivity index (χ2n) is 3.10. The number of aryl methyl sites for hydroxylation is 1. The van der Waals surface area contributed by atoms with Crippen molar-refractivity contribution in [2.75, 3.05) is 12.4 Å². The van der Waals surface area contributed by atoms with Gasteiger partial charge in [0.2, 0.25) is 5.03 Å². The van der Waals surface area contributed by atoms with Gasteiger partial charge in [0.15, 0.2) is 4.60 Å². The van der Waals surface area contributed by atoms with E-state index in [1.54, 1.807) is 0 Å². The Kier molecular flexibility index (Phi) is 5.16. The van der Waals surface area contributed by atoms with Gasteiger partial charge in [-0.15, -0.1) is 16.7 Å². The van der Waals surface area contributed by atoms with Crippen molar-refractivity contribution >= 4 is 37.6 Å². The normalized spacial score (nSPS) is 11.9. The molecule has 0 saturated heterocycles. The molecule has 1 rings (SSSR count). The summed E-state index contributed by atoms with van der Waals surface area (Å²) >= 11 is 8.53. The Labute approximate surface area is 108 Å². The number of aromatic nitrogens is 3. The zero-order valence-corrected chi connectivity index (χ0v) is 11.8. The van der Waals surface area contributed by atoms with Gasteiger partial charge in [-0.05, 0) is 28.8 Å². The zero-order valence-electron chi connectivity index (χ0n) is 8.65. The predicted molar refractivity (Wildman–Crippen MR) is 63.8 cm³/mol. The molecule has 92 valence electrons. The first-order valence-electron chi connectivity index (χ1n) is 4.60. The van der Waals surface area contributed by atoms with Crippen molar-refractivity contribution in [1.29, 1.82) is 0 Å². The highest BCUT2D eigenvalue weighted by Crippen LogP contribution is 2.17. The summed E-state index contributed by atoms with van der Waals surface area (Å²) in [4.78, 5) is 0. The van der Waals surface area contributed by atoms with Crippen LogP contribution in [-0.2, 0) is 17.1 Å². The summed E-state index contributed by atoms with van der Waals surface area (Å²) in [5.74, 6) is 0.526. The molecule has 0 bridgehead atoms. The minimum absolute atomic E-state index is 0.0263. The van der Waals surface area contributed by atoms with Gasteiger partial charge in [-0.3, -0.25) is 0 Å². The molecule has 9 heteroatoms. The minimum atomic E-state index is -3.56. The maximum atomic E-state index is 11.8. The van der Waals surface area contributed by atoms with Crippen molar-refractivity contribution in [2.45, 2.75) is 17.9 Å². The molecule has 0 fully saturated rings. The van der Waals surface area contributed by atoms with Gasteiger partial charge in [-0.2, -0.15) is 0 Å². The molecular weight excluding hydrogens is 320 g/mol. The number of alkyl halides is 1. The van der Waals surface area contributed by atoms with Crippen LogP contribution in [0.4, 0.5) is 0 Å². The number of nitrogens with zero attached hydrogens (tertiary/aromatic N) is 3. The highest BCUT2D eigenvalue weighted by Gasteiger charge is 2.22. The smallest absolute Gasteiger partial charge is 0.235 e. The van der Waals surface area contributed by atoms with Crippen LogP contribution in [-0.4, -0.2) is 35.8 Å². The summed E-state index contributed by atoms with van der Waals surface area (Å²) in [5.41, 5.74) is 0. The quantitative estimate of drug-likeness (QED) is 0.620. The van der Waals surface area contributed by atoms with Crippen LogP contribution < -0.4 is 4.72 Å². The van der Waals surface area contributed by atoms with Crippen molar-refractivity contribution in [2.24, 2.45) is 7.05 Å². The van der Waals surface area contributed by atoms with Crippen LogP contribution >= 0.6 is 27.5 Å².